The topological polar surface area (TPSA) is 106 Å². The van der Waals surface area contributed by atoms with E-state index < -0.39 is 24.5 Å². The van der Waals surface area contributed by atoms with Crippen molar-refractivity contribution in [1.29, 1.82) is 0 Å². The first-order valence-electron chi connectivity index (χ1n) is 5.68. The number of hydrogen-bond donors (Lipinski definition) is 3. The zero-order valence-electron chi connectivity index (χ0n) is 9.76. The highest BCUT2D eigenvalue weighted by atomic mass is 16.6. The van der Waals surface area contributed by atoms with E-state index in [1.54, 1.807) is 23.8 Å². The van der Waals surface area contributed by atoms with Crippen LogP contribution in [-0.2, 0) is 4.74 Å². The fourth-order valence-electron chi connectivity index (χ4n) is 2.25. The van der Waals surface area contributed by atoms with Crippen molar-refractivity contribution in [2.45, 2.75) is 31.5 Å². The second-order valence-corrected chi connectivity index (χ2v) is 4.43. The summed E-state index contributed by atoms with van der Waals surface area (Å²) < 4.78 is 7.20. The fourth-order valence-corrected chi connectivity index (χ4v) is 2.25. The van der Waals surface area contributed by atoms with Crippen LogP contribution in [0.2, 0.25) is 0 Å². The van der Waals surface area contributed by atoms with Gasteiger partial charge in [0.05, 0.1) is 11.5 Å². The molecule has 18 heavy (non-hydrogen) atoms. The summed E-state index contributed by atoms with van der Waals surface area (Å²) in [6.45, 7) is 1.71. The van der Waals surface area contributed by atoms with E-state index in [-0.39, 0.29) is 0 Å². The number of aromatic nitrogens is 3. The molecule has 0 radical (unpaired) electrons. The van der Waals surface area contributed by atoms with Crippen molar-refractivity contribution in [1.82, 2.24) is 14.5 Å². The molecule has 1 aliphatic rings. The molecule has 3 heterocycles. The molecule has 1 saturated heterocycles. The van der Waals surface area contributed by atoms with Crippen molar-refractivity contribution in [3.63, 3.8) is 0 Å². The maximum atomic E-state index is 9.96. The van der Waals surface area contributed by atoms with Gasteiger partial charge < -0.3 is 25.3 Å². The monoisotopic (exact) mass is 250 g/mol. The van der Waals surface area contributed by atoms with Gasteiger partial charge in [0.2, 0.25) is 0 Å². The van der Waals surface area contributed by atoms with E-state index in [0.29, 0.717) is 16.9 Å². The van der Waals surface area contributed by atoms with E-state index in [0.717, 1.165) is 0 Å². The van der Waals surface area contributed by atoms with Gasteiger partial charge in [-0.3, -0.25) is 0 Å². The quantitative estimate of drug-likeness (QED) is 0.639. The van der Waals surface area contributed by atoms with Crippen molar-refractivity contribution in [2.24, 2.45) is 0 Å². The Morgan fingerprint density at radius 3 is 2.78 bits per heavy atom. The number of ether oxygens (including phenoxy) is 1. The summed E-state index contributed by atoms with van der Waals surface area (Å²) in [5, 5.41) is 20.4. The Bertz CT molecular complexity index is 585. The first-order chi connectivity index (χ1) is 8.59. The van der Waals surface area contributed by atoms with Crippen molar-refractivity contribution in [2.75, 3.05) is 5.73 Å². The minimum absolute atomic E-state index is 0.375. The largest absolute Gasteiger partial charge is 0.388 e. The highest BCUT2D eigenvalue weighted by molar-refractivity contribution is 5.86. The molecule has 1 aliphatic heterocycles. The molecule has 4 N–H and O–H groups in total. The third kappa shape index (κ3) is 1.48. The molecule has 7 nitrogen and oxygen atoms in total. The number of hydrogen-bond acceptors (Lipinski definition) is 6. The smallest absolute Gasteiger partial charge is 0.164 e. The molecular weight excluding hydrogens is 236 g/mol. The summed E-state index contributed by atoms with van der Waals surface area (Å²) in [7, 11) is 0. The fraction of sp³-hybridized carbons (Fsp3) is 0.455. The summed E-state index contributed by atoms with van der Waals surface area (Å²) in [6.07, 6.45) is 0.0748. The number of aliphatic hydroxyl groups excluding tert-OH is 2. The van der Waals surface area contributed by atoms with Crippen molar-refractivity contribution in [3.05, 3.63) is 18.6 Å². The SMILES string of the molecule is C[C@H]1O[C@H](n2ccc3c(N)ncnc32)[C@H](O)[C@@H]1O. The van der Waals surface area contributed by atoms with Crippen LogP contribution in [-0.4, -0.2) is 43.1 Å². The maximum Gasteiger partial charge on any atom is 0.164 e. The van der Waals surface area contributed by atoms with Gasteiger partial charge in [0, 0.05) is 6.20 Å². The van der Waals surface area contributed by atoms with Crippen LogP contribution in [0.1, 0.15) is 13.2 Å². The average molecular weight is 250 g/mol. The van der Waals surface area contributed by atoms with Gasteiger partial charge in [-0.2, -0.15) is 0 Å². The molecule has 0 unspecified atom stereocenters. The zero-order valence-corrected chi connectivity index (χ0v) is 9.76. The van der Waals surface area contributed by atoms with Crippen LogP contribution in [0.3, 0.4) is 0 Å². The standard InChI is InChI=1S/C11H14N4O3/c1-5-7(16)8(17)11(18-5)15-3-2-6-9(12)13-4-14-10(6)15/h2-5,7-8,11,16-17H,1H3,(H2,12,13,14)/t5-,7-,8-,11+/m1/s1. The van der Waals surface area contributed by atoms with Gasteiger partial charge in [-0.1, -0.05) is 0 Å². The predicted molar refractivity (Wildman–Crippen MR) is 63.5 cm³/mol. The minimum Gasteiger partial charge on any atom is -0.388 e. The van der Waals surface area contributed by atoms with Gasteiger partial charge >= 0.3 is 0 Å². The summed E-state index contributed by atoms with van der Waals surface area (Å²) in [5.74, 6) is 0.375. The molecule has 1 fully saturated rings. The molecule has 0 aliphatic carbocycles. The average Bonchev–Trinajstić information content (AvgIpc) is 2.88. The molecule has 0 bridgehead atoms. The Balaban J connectivity index is 2.08. The second kappa shape index (κ2) is 3.91. The minimum atomic E-state index is -0.994. The maximum absolute atomic E-state index is 9.96. The highest BCUT2D eigenvalue weighted by Crippen LogP contribution is 2.32. The van der Waals surface area contributed by atoms with Gasteiger partial charge in [-0.05, 0) is 13.0 Å². The van der Waals surface area contributed by atoms with Crippen molar-refractivity contribution < 1.29 is 14.9 Å². The summed E-state index contributed by atoms with van der Waals surface area (Å²) in [5.41, 5.74) is 6.32. The molecular formula is C11H14N4O3. The number of fused-ring (bicyclic) bond motifs is 1. The molecule has 4 atom stereocenters. The summed E-state index contributed by atoms with van der Waals surface area (Å²) in [4.78, 5) is 8.03. The van der Waals surface area contributed by atoms with Gasteiger partial charge in [0.1, 0.15) is 30.0 Å². The first-order valence-corrected chi connectivity index (χ1v) is 5.68. The highest BCUT2D eigenvalue weighted by Gasteiger charge is 2.41. The van der Waals surface area contributed by atoms with Crippen LogP contribution in [0.15, 0.2) is 18.6 Å². The van der Waals surface area contributed by atoms with Crippen LogP contribution < -0.4 is 5.73 Å². The third-order valence-electron chi connectivity index (χ3n) is 3.29. The van der Waals surface area contributed by atoms with E-state index >= 15 is 0 Å². The molecule has 0 spiro atoms. The predicted octanol–water partition coefficient (Wildman–Crippen LogP) is -0.347. The molecule has 2 aromatic rings. The first kappa shape index (κ1) is 11.4. The normalized spacial score (nSPS) is 32.2. The lowest BCUT2D eigenvalue weighted by Gasteiger charge is -2.17. The summed E-state index contributed by atoms with van der Waals surface area (Å²) >= 11 is 0. The lowest BCUT2D eigenvalue weighted by atomic mass is 10.1. The number of anilines is 1. The van der Waals surface area contributed by atoms with E-state index in [9.17, 15) is 10.2 Å². The van der Waals surface area contributed by atoms with Gasteiger partial charge in [-0.15, -0.1) is 0 Å². The van der Waals surface area contributed by atoms with Gasteiger partial charge in [0.15, 0.2) is 6.23 Å². The van der Waals surface area contributed by atoms with Crippen LogP contribution in [0.25, 0.3) is 11.0 Å². The molecule has 0 amide bonds. The second-order valence-electron chi connectivity index (χ2n) is 4.43. The number of rotatable bonds is 1. The van der Waals surface area contributed by atoms with E-state index in [1.807, 2.05) is 0 Å². The van der Waals surface area contributed by atoms with Crippen LogP contribution in [0.4, 0.5) is 5.82 Å². The van der Waals surface area contributed by atoms with Crippen LogP contribution in [0.5, 0.6) is 0 Å². The van der Waals surface area contributed by atoms with E-state index in [4.69, 9.17) is 10.5 Å². The zero-order chi connectivity index (χ0) is 12.9. The van der Waals surface area contributed by atoms with Crippen molar-refractivity contribution >= 4 is 16.9 Å². The number of nitrogens with two attached hydrogens (primary N) is 1. The lowest BCUT2D eigenvalue weighted by Crippen LogP contribution is -2.30. The molecule has 0 saturated carbocycles. The Morgan fingerprint density at radius 1 is 1.33 bits per heavy atom. The lowest BCUT2D eigenvalue weighted by molar-refractivity contribution is -0.0296. The Kier molecular flexibility index (Phi) is 2.47. The summed E-state index contributed by atoms with van der Waals surface area (Å²) in [6, 6.07) is 1.76. The van der Waals surface area contributed by atoms with E-state index in [1.165, 1.54) is 6.33 Å². The number of nitrogens with zero attached hydrogens (tertiary/aromatic N) is 3. The van der Waals surface area contributed by atoms with Gasteiger partial charge in [-0.25, -0.2) is 9.97 Å². The molecule has 3 rings (SSSR count). The third-order valence-corrected chi connectivity index (χ3v) is 3.29. The van der Waals surface area contributed by atoms with Crippen molar-refractivity contribution in [3.8, 4) is 0 Å². The number of nitrogen functional groups attached to an aromatic ring is 1. The molecule has 7 heteroatoms. The Labute approximate surface area is 103 Å². The van der Waals surface area contributed by atoms with Gasteiger partial charge in [0.25, 0.3) is 0 Å². The molecule has 2 aromatic heterocycles. The van der Waals surface area contributed by atoms with Crippen LogP contribution in [0, 0.1) is 0 Å². The van der Waals surface area contributed by atoms with E-state index in [2.05, 4.69) is 9.97 Å². The Morgan fingerprint density at radius 2 is 2.11 bits per heavy atom. The molecule has 96 valence electrons. The Hall–Kier alpha value is -1.70. The van der Waals surface area contributed by atoms with Crippen LogP contribution >= 0.6 is 0 Å². The molecule has 0 aromatic carbocycles. The number of aliphatic hydroxyl groups is 2.